The van der Waals surface area contributed by atoms with Crippen molar-refractivity contribution in [3.63, 3.8) is 0 Å². The van der Waals surface area contributed by atoms with Crippen LogP contribution in [0.25, 0.3) is 0 Å². The van der Waals surface area contributed by atoms with Gasteiger partial charge in [0, 0.05) is 0 Å². The molecule has 0 fully saturated rings. The zero-order valence-electron chi connectivity index (χ0n) is 6.52. The molecule has 0 saturated carbocycles. The van der Waals surface area contributed by atoms with Crippen LogP contribution in [0.1, 0.15) is 0 Å². The van der Waals surface area contributed by atoms with E-state index < -0.39 is 44.1 Å². The van der Waals surface area contributed by atoms with E-state index in [0.717, 1.165) is 0 Å². The molecule has 3 nitrogen and oxygen atoms in total. The van der Waals surface area contributed by atoms with Crippen molar-refractivity contribution >= 4 is 10.1 Å². The van der Waals surface area contributed by atoms with E-state index in [1.165, 1.54) is 0 Å². The van der Waals surface area contributed by atoms with Crippen molar-refractivity contribution in [3.05, 3.63) is 29.1 Å². The molecule has 1 rings (SSSR count). The second kappa shape index (κ2) is 3.42. The molecular weight excluding hydrogens is 247 g/mol. The first-order chi connectivity index (χ1) is 6.68. The zero-order chi connectivity index (χ0) is 12.0. The van der Waals surface area contributed by atoms with Gasteiger partial charge in [-0.25, -0.2) is 22.0 Å². The summed E-state index contributed by atoms with van der Waals surface area (Å²) in [5, 5.41) is 0. The van der Waals surface area contributed by atoms with Gasteiger partial charge in [0.05, 0.1) is 0 Å². The SMILES string of the molecule is [O]S(=O)(=O)c1c(F)c(F)c(F)c(F)c1F. The van der Waals surface area contributed by atoms with Crippen LogP contribution in [0.15, 0.2) is 4.90 Å². The van der Waals surface area contributed by atoms with Gasteiger partial charge in [0.1, 0.15) is 0 Å². The van der Waals surface area contributed by atoms with E-state index >= 15 is 0 Å². The van der Waals surface area contributed by atoms with Crippen LogP contribution in [0.5, 0.6) is 0 Å². The maximum atomic E-state index is 12.6. The Morgan fingerprint density at radius 1 is 0.667 bits per heavy atom. The van der Waals surface area contributed by atoms with Crippen LogP contribution in [-0.4, -0.2) is 8.42 Å². The third-order valence-electron chi connectivity index (χ3n) is 1.42. The molecule has 15 heavy (non-hydrogen) atoms. The summed E-state index contributed by atoms with van der Waals surface area (Å²) >= 11 is 0. The fraction of sp³-hybridized carbons (Fsp3) is 0. The van der Waals surface area contributed by atoms with Crippen LogP contribution >= 0.6 is 0 Å². The van der Waals surface area contributed by atoms with Crippen molar-refractivity contribution in [1.82, 2.24) is 0 Å². The molecule has 0 spiro atoms. The van der Waals surface area contributed by atoms with Gasteiger partial charge in [0.2, 0.25) is 5.82 Å². The molecule has 0 heterocycles. The fourth-order valence-corrected chi connectivity index (χ4v) is 1.42. The summed E-state index contributed by atoms with van der Waals surface area (Å²) in [6.07, 6.45) is 0. The molecule has 1 aromatic carbocycles. The highest BCUT2D eigenvalue weighted by molar-refractivity contribution is 7.85. The molecule has 1 aromatic rings. The predicted molar refractivity (Wildman–Crippen MR) is 34.1 cm³/mol. The van der Waals surface area contributed by atoms with Crippen molar-refractivity contribution in [2.75, 3.05) is 0 Å². The average molecular weight is 247 g/mol. The number of hydrogen-bond acceptors (Lipinski definition) is 2. The molecular formula is C6F5O3S. The monoisotopic (exact) mass is 247 g/mol. The predicted octanol–water partition coefficient (Wildman–Crippen LogP) is 1.50. The highest BCUT2D eigenvalue weighted by atomic mass is 32.2. The van der Waals surface area contributed by atoms with Crippen molar-refractivity contribution in [1.29, 1.82) is 0 Å². The van der Waals surface area contributed by atoms with Gasteiger partial charge in [-0.2, -0.15) is 8.42 Å². The van der Waals surface area contributed by atoms with Gasteiger partial charge in [-0.3, -0.25) is 0 Å². The molecule has 0 unspecified atom stereocenters. The summed E-state index contributed by atoms with van der Waals surface area (Å²) in [5.41, 5.74) is 0. The van der Waals surface area contributed by atoms with Gasteiger partial charge in [0.15, 0.2) is 28.2 Å². The largest absolute Gasteiger partial charge is 0.330 e. The lowest BCUT2D eigenvalue weighted by Crippen LogP contribution is -2.11. The van der Waals surface area contributed by atoms with Crippen LogP contribution in [0.3, 0.4) is 0 Å². The lowest BCUT2D eigenvalue weighted by atomic mass is 10.3. The van der Waals surface area contributed by atoms with Crippen molar-refractivity contribution in [2.24, 2.45) is 0 Å². The van der Waals surface area contributed by atoms with E-state index in [9.17, 15) is 34.9 Å². The Bertz CT molecular complexity index is 495. The number of halogens is 5. The van der Waals surface area contributed by atoms with Gasteiger partial charge < -0.3 is 0 Å². The Morgan fingerprint density at radius 2 is 0.933 bits per heavy atom. The Morgan fingerprint density at radius 3 is 1.20 bits per heavy atom. The molecule has 0 amide bonds. The zero-order valence-corrected chi connectivity index (χ0v) is 7.34. The lowest BCUT2D eigenvalue weighted by Gasteiger charge is -2.03. The van der Waals surface area contributed by atoms with Gasteiger partial charge in [-0.15, -0.1) is 0 Å². The van der Waals surface area contributed by atoms with Crippen molar-refractivity contribution < 1.29 is 34.9 Å². The van der Waals surface area contributed by atoms with Crippen LogP contribution in [0.2, 0.25) is 0 Å². The van der Waals surface area contributed by atoms with E-state index in [1.54, 1.807) is 0 Å². The van der Waals surface area contributed by atoms with E-state index in [1.807, 2.05) is 0 Å². The minimum atomic E-state index is -5.77. The highest BCUT2D eigenvalue weighted by Gasteiger charge is 2.33. The summed E-state index contributed by atoms with van der Waals surface area (Å²) in [6, 6.07) is 0. The molecule has 1 radical (unpaired) electrons. The van der Waals surface area contributed by atoms with E-state index in [-0.39, 0.29) is 0 Å². The molecule has 0 saturated heterocycles. The van der Waals surface area contributed by atoms with E-state index in [0.29, 0.717) is 0 Å². The fourth-order valence-electron chi connectivity index (χ4n) is 0.804. The summed E-state index contributed by atoms with van der Waals surface area (Å²) in [7, 11) is -5.77. The second-order valence-electron chi connectivity index (χ2n) is 2.35. The third-order valence-corrected chi connectivity index (χ3v) is 2.28. The standard InChI is InChI=1S/C6F5O3S/c7-1-2(8)4(10)6(15(12,13)14)5(11)3(1)9. The first-order valence-corrected chi connectivity index (χ1v) is 4.56. The van der Waals surface area contributed by atoms with Crippen molar-refractivity contribution in [2.45, 2.75) is 4.90 Å². The highest BCUT2D eigenvalue weighted by Crippen LogP contribution is 2.26. The molecule has 9 heteroatoms. The van der Waals surface area contributed by atoms with Gasteiger partial charge in [-0.05, 0) is 0 Å². The van der Waals surface area contributed by atoms with Crippen molar-refractivity contribution in [3.8, 4) is 0 Å². The number of hydrogen-bond donors (Lipinski definition) is 0. The lowest BCUT2D eigenvalue weighted by molar-refractivity contribution is 0.344. The summed E-state index contributed by atoms with van der Waals surface area (Å²) in [5.74, 6) is -12.8. The maximum Gasteiger partial charge on any atom is 0.330 e. The Hall–Kier alpha value is -1.22. The molecule has 0 aliphatic rings. The Kier molecular flexibility index (Phi) is 2.70. The van der Waals surface area contributed by atoms with Crippen LogP contribution < -0.4 is 0 Å². The topological polar surface area (TPSA) is 54.0 Å². The summed E-state index contributed by atoms with van der Waals surface area (Å²) in [6.45, 7) is 0. The normalized spacial score (nSPS) is 11.9. The first kappa shape index (κ1) is 11.9. The summed E-state index contributed by atoms with van der Waals surface area (Å²) in [4.78, 5) is -2.38. The second-order valence-corrected chi connectivity index (χ2v) is 3.67. The molecule has 0 aromatic heterocycles. The van der Waals surface area contributed by atoms with Crippen LogP contribution in [0.4, 0.5) is 22.0 Å². The van der Waals surface area contributed by atoms with E-state index in [4.69, 9.17) is 0 Å². The average Bonchev–Trinajstić information content (AvgIpc) is 2.09. The number of rotatable bonds is 1. The van der Waals surface area contributed by atoms with Gasteiger partial charge in [-0.1, -0.05) is 4.55 Å². The minimum absolute atomic E-state index is 2.38. The van der Waals surface area contributed by atoms with E-state index in [2.05, 4.69) is 0 Å². The first-order valence-electron chi connectivity index (χ1n) is 3.15. The van der Waals surface area contributed by atoms with Gasteiger partial charge >= 0.3 is 10.1 Å². The quantitative estimate of drug-likeness (QED) is 0.429. The minimum Gasteiger partial charge on any atom is -0.202 e. The summed E-state index contributed by atoms with van der Waals surface area (Å²) < 4.78 is 92.9. The van der Waals surface area contributed by atoms with Crippen LogP contribution in [-0.2, 0) is 14.7 Å². The van der Waals surface area contributed by atoms with Crippen LogP contribution in [0, 0.1) is 29.1 Å². The molecule has 0 aliphatic carbocycles. The Labute approximate surface area is 79.9 Å². The molecule has 83 valence electrons. The molecule has 0 aliphatic heterocycles. The molecule has 0 atom stereocenters. The molecule has 0 N–H and O–H groups in total. The number of benzene rings is 1. The van der Waals surface area contributed by atoms with Gasteiger partial charge in [0.25, 0.3) is 0 Å². The maximum absolute atomic E-state index is 12.6. The Balaban J connectivity index is 3.84. The molecule has 0 bridgehead atoms. The third kappa shape index (κ3) is 1.79. The smallest absolute Gasteiger partial charge is 0.202 e.